The zero-order valence-electron chi connectivity index (χ0n) is 13.1. The smallest absolute Gasteiger partial charge is 0.359 e. The maximum atomic E-state index is 12.4. The summed E-state index contributed by atoms with van der Waals surface area (Å²) in [4.78, 5) is 19.5. The van der Waals surface area contributed by atoms with E-state index >= 15 is 0 Å². The zero-order chi connectivity index (χ0) is 18.0. The van der Waals surface area contributed by atoms with E-state index in [9.17, 15) is 18.0 Å². The molecule has 2 heterocycles. The number of amides is 1. The standard InChI is InChI=1S/C17H14F3N3OS/c1-10-7-11-8-12(4-5-14(11)22-10)23-15(24)13-3-2-6-21-16(13)25-9-17(18,19)20/h2-8,22H,9H2,1H3,(H,23,24). The Bertz CT molecular complexity index is 921. The number of hydrogen-bond acceptors (Lipinski definition) is 3. The number of H-pyrrole nitrogens is 1. The van der Waals surface area contributed by atoms with Gasteiger partial charge in [-0.25, -0.2) is 4.98 Å². The number of alkyl halides is 3. The minimum Gasteiger partial charge on any atom is -0.359 e. The van der Waals surface area contributed by atoms with Gasteiger partial charge in [-0.1, -0.05) is 11.8 Å². The summed E-state index contributed by atoms with van der Waals surface area (Å²) in [7, 11) is 0. The fraction of sp³-hybridized carbons (Fsp3) is 0.176. The second-order valence-electron chi connectivity index (χ2n) is 5.47. The molecule has 130 valence electrons. The SMILES string of the molecule is Cc1cc2cc(NC(=O)c3cccnc3SCC(F)(F)F)ccc2[nH]1. The van der Waals surface area contributed by atoms with Crippen molar-refractivity contribution in [3.63, 3.8) is 0 Å². The van der Waals surface area contributed by atoms with Gasteiger partial charge in [0.15, 0.2) is 0 Å². The van der Waals surface area contributed by atoms with Crippen molar-refractivity contribution in [3.8, 4) is 0 Å². The summed E-state index contributed by atoms with van der Waals surface area (Å²) >= 11 is 0.497. The van der Waals surface area contributed by atoms with E-state index in [2.05, 4.69) is 15.3 Å². The van der Waals surface area contributed by atoms with Gasteiger partial charge in [-0.05, 0) is 43.3 Å². The molecular weight excluding hydrogens is 351 g/mol. The molecule has 0 radical (unpaired) electrons. The van der Waals surface area contributed by atoms with Crippen molar-refractivity contribution in [2.45, 2.75) is 18.1 Å². The number of thioether (sulfide) groups is 1. The highest BCUT2D eigenvalue weighted by Gasteiger charge is 2.28. The molecular formula is C17H14F3N3OS. The molecule has 3 aromatic rings. The van der Waals surface area contributed by atoms with Crippen LogP contribution >= 0.6 is 11.8 Å². The van der Waals surface area contributed by atoms with Crippen LogP contribution in [0.5, 0.6) is 0 Å². The van der Waals surface area contributed by atoms with Crippen LogP contribution in [0, 0.1) is 6.92 Å². The number of aromatic nitrogens is 2. The molecule has 2 aromatic heterocycles. The molecule has 25 heavy (non-hydrogen) atoms. The van der Waals surface area contributed by atoms with E-state index in [-0.39, 0.29) is 10.6 Å². The summed E-state index contributed by atoms with van der Waals surface area (Å²) in [6.45, 7) is 1.93. The van der Waals surface area contributed by atoms with E-state index < -0.39 is 17.8 Å². The van der Waals surface area contributed by atoms with Crippen molar-refractivity contribution in [3.05, 3.63) is 53.9 Å². The van der Waals surface area contributed by atoms with Crippen molar-refractivity contribution in [2.24, 2.45) is 0 Å². The fourth-order valence-electron chi connectivity index (χ4n) is 2.38. The molecule has 0 aliphatic carbocycles. The normalized spacial score (nSPS) is 11.7. The number of aryl methyl sites for hydroxylation is 1. The molecule has 1 aromatic carbocycles. The molecule has 0 bridgehead atoms. The predicted molar refractivity (Wildman–Crippen MR) is 92.0 cm³/mol. The van der Waals surface area contributed by atoms with Gasteiger partial charge < -0.3 is 10.3 Å². The molecule has 1 amide bonds. The third kappa shape index (κ3) is 4.33. The van der Waals surface area contributed by atoms with Crippen LogP contribution in [0.4, 0.5) is 18.9 Å². The number of carbonyl (C=O) groups excluding carboxylic acids is 1. The number of anilines is 1. The summed E-state index contributed by atoms with van der Waals surface area (Å²) in [6, 6.07) is 10.3. The number of benzene rings is 1. The number of fused-ring (bicyclic) bond motifs is 1. The minimum absolute atomic E-state index is 0.0518. The van der Waals surface area contributed by atoms with Crippen LogP contribution in [-0.2, 0) is 0 Å². The average Bonchev–Trinajstić information content (AvgIpc) is 2.92. The van der Waals surface area contributed by atoms with Gasteiger partial charge in [0, 0.05) is 28.5 Å². The summed E-state index contributed by atoms with van der Waals surface area (Å²) in [6.07, 6.45) is -2.96. The van der Waals surface area contributed by atoms with Gasteiger partial charge in [-0.2, -0.15) is 13.2 Å². The number of pyridine rings is 1. The number of nitrogens with zero attached hydrogens (tertiary/aromatic N) is 1. The number of hydrogen-bond donors (Lipinski definition) is 2. The molecule has 0 aliphatic heterocycles. The van der Waals surface area contributed by atoms with Gasteiger partial charge >= 0.3 is 6.18 Å². The van der Waals surface area contributed by atoms with Crippen molar-refractivity contribution in [1.29, 1.82) is 0 Å². The van der Waals surface area contributed by atoms with Gasteiger partial charge in [0.2, 0.25) is 0 Å². The monoisotopic (exact) mass is 365 g/mol. The maximum absolute atomic E-state index is 12.4. The maximum Gasteiger partial charge on any atom is 0.398 e. The lowest BCUT2D eigenvalue weighted by Gasteiger charge is -2.10. The minimum atomic E-state index is -4.33. The molecule has 0 aliphatic rings. The van der Waals surface area contributed by atoms with E-state index in [1.165, 1.54) is 18.3 Å². The summed E-state index contributed by atoms with van der Waals surface area (Å²) in [5, 5.41) is 3.70. The molecule has 0 atom stereocenters. The highest BCUT2D eigenvalue weighted by atomic mass is 32.2. The van der Waals surface area contributed by atoms with E-state index in [0.717, 1.165) is 16.6 Å². The highest BCUT2D eigenvalue weighted by Crippen LogP contribution is 2.28. The fourth-order valence-corrected chi connectivity index (χ4v) is 3.13. The van der Waals surface area contributed by atoms with Crippen LogP contribution in [0.1, 0.15) is 16.1 Å². The van der Waals surface area contributed by atoms with Crippen LogP contribution in [0.3, 0.4) is 0 Å². The van der Waals surface area contributed by atoms with Gasteiger partial charge in [0.05, 0.1) is 11.3 Å². The Kier molecular flexibility index (Phi) is 4.71. The summed E-state index contributed by atoms with van der Waals surface area (Å²) in [5.41, 5.74) is 2.61. The van der Waals surface area contributed by atoms with E-state index in [0.29, 0.717) is 17.4 Å². The van der Waals surface area contributed by atoms with Crippen molar-refractivity contribution in [1.82, 2.24) is 9.97 Å². The molecule has 0 saturated carbocycles. The Hall–Kier alpha value is -2.48. The Morgan fingerprint density at radius 2 is 2.08 bits per heavy atom. The Morgan fingerprint density at radius 1 is 1.28 bits per heavy atom. The van der Waals surface area contributed by atoms with Crippen LogP contribution in [0.2, 0.25) is 0 Å². The number of rotatable bonds is 4. The lowest BCUT2D eigenvalue weighted by molar-refractivity contribution is -0.105. The Labute approximate surface area is 145 Å². The lowest BCUT2D eigenvalue weighted by atomic mass is 10.2. The zero-order valence-corrected chi connectivity index (χ0v) is 14.0. The topological polar surface area (TPSA) is 57.8 Å². The number of carbonyl (C=O) groups is 1. The van der Waals surface area contributed by atoms with Crippen molar-refractivity contribution < 1.29 is 18.0 Å². The van der Waals surface area contributed by atoms with E-state index in [1.807, 2.05) is 19.1 Å². The molecule has 3 rings (SSSR count). The first-order valence-corrected chi connectivity index (χ1v) is 8.36. The quantitative estimate of drug-likeness (QED) is 0.654. The lowest BCUT2D eigenvalue weighted by Crippen LogP contribution is -2.15. The summed E-state index contributed by atoms with van der Waals surface area (Å²) < 4.78 is 37.3. The predicted octanol–water partition coefficient (Wildman–Crippen LogP) is 4.78. The molecule has 8 heteroatoms. The molecule has 4 nitrogen and oxygen atoms in total. The number of halogens is 3. The van der Waals surface area contributed by atoms with Gasteiger partial charge in [0.25, 0.3) is 5.91 Å². The Balaban J connectivity index is 1.80. The van der Waals surface area contributed by atoms with Crippen molar-refractivity contribution >= 4 is 34.3 Å². The van der Waals surface area contributed by atoms with Crippen molar-refractivity contribution in [2.75, 3.05) is 11.1 Å². The van der Waals surface area contributed by atoms with E-state index in [1.54, 1.807) is 12.1 Å². The third-order valence-electron chi connectivity index (χ3n) is 3.40. The Morgan fingerprint density at radius 3 is 2.84 bits per heavy atom. The average molecular weight is 365 g/mol. The third-order valence-corrected chi connectivity index (χ3v) is 4.47. The second kappa shape index (κ2) is 6.79. The number of nitrogens with one attached hydrogen (secondary N) is 2. The largest absolute Gasteiger partial charge is 0.398 e. The highest BCUT2D eigenvalue weighted by molar-refractivity contribution is 7.99. The molecule has 0 fully saturated rings. The van der Waals surface area contributed by atoms with Gasteiger partial charge in [-0.3, -0.25) is 4.79 Å². The van der Waals surface area contributed by atoms with Crippen LogP contribution in [0.15, 0.2) is 47.6 Å². The first-order chi connectivity index (χ1) is 11.8. The molecule has 0 saturated heterocycles. The van der Waals surface area contributed by atoms with Crippen LogP contribution < -0.4 is 5.32 Å². The van der Waals surface area contributed by atoms with E-state index in [4.69, 9.17) is 0 Å². The first kappa shape index (κ1) is 17.3. The van der Waals surface area contributed by atoms with Gasteiger partial charge in [-0.15, -0.1) is 0 Å². The molecule has 2 N–H and O–H groups in total. The second-order valence-corrected chi connectivity index (χ2v) is 6.43. The van der Waals surface area contributed by atoms with Crippen LogP contribution in [0.25, 0.3) is 10.9 Å². The molecule has 0 spiro atoms. The summed E-state index contributed by atoms with van der Waals surface area (Å²) in [5.74, 6) is -1.59. The number of aromatic amines is 1. The first-order valence-electron chi connectivity index (χ1n) is 7.37. The van der Waals surface area contributed by atoms with Crippen LogP contribution in [-0.4, -0.2) is 27.8 Å². The van der Waals surface area contributed by atoms with Gasteiger partial charge in [0.1, 0.15) is 5.03 Å². The molecule has 0 unspecified atom stereocenters.